The van der Waals surface area contributed by atoms with Crippen molar-refractivity contribution in [1.29, 1.82) is 5.26 Å². The van der Waals surface area contributed by atoms with E-state index in [1.54, 1.807) is 36.0 Å². The molecule has 0 aliphatic rings. The zero-order chi connectivity index (χ0) is 17.6. The first-order valence-corrected chi connectivity index (χ1v) is 10.0. The molecule has 1 N–H and O–H groups in total. The van der Waals surface area contributed by atoms with Gasteiger partial charge in [0, 0.05) is 14.9 Å². The highest BCUT2D eigenvalue weighted by molar-refractivity contribution is 14.1. The van der Waals surface area contributed by atoms with Crippen LogP contribution in [-0.2, 0) is 5.75 Å². The molecule has 8 heteroatoms. The van der Waals surface area contributed by atoms with Crippen molar-refractivity contribution in [3.8, 4) is 6.07 Å². The molecule has 1 aromatic heterocycles. The second-order valence-electron chi connectivity index (χ2n) is 4.93. The molecule has 2 aromatic carbocycles. The molecule has 0 aliphatic carbocycles. The van der Waals surface area contributed by atoms with Gasteiger partial charge in [-0.25, -0.2) is 0 Å². The maximum atomic E-state index is 12.2. The summed E-state index contributed by atoms with van der Waals surface area (Å²) in [7, 11) is 0. The number of thioether (sulfide) groups is 1. The van der Waals surface area contributed by atoms with Gasteiger partial charge in [-0.05, 0) is 64.6 Å². The number of anilines is 1. The van der Waals surface area contributed by atoms with Crippen LogP contribution in [0.2, 0.25) is 0 Å². The monoisotopic (exact) mass is 478 g/mol. The third-order valence-corrected chi connectivity index (χ3v) is 5.94. The summed E-state index contributed by atoms with van der Waals surface area (Å²) < 4.78 is 1.86. The predicted octanol–water partition coefficient (Wildman–Crippen LogP) is 4.56. The molecule has 0 radical (unpaired) electrons. The molecule has 3 aromatic rings. The highest BCUT2D eigenvalue weighted by Gasteiger charge is 2.10. The van der Waals surface area contributed by atoms with Crippen LogP contribution in [0, 0.1) is 14.9 Å². The highest BCUT2D eigenvalue weighted by atomic mass is 127. The number of aromatic nitrogens is 2. The molecular weight excluding hydrogens is 467 g/mol. The minimum absolute atomic E-state index is 0.198. The van der Waals surface area contributed by atoms with E-state index in [9.17, 15) is 4.79 Å². The van der Waals surface area contributed by atoms with Crippen molar-refractivity contribution in [2.45, 2.75) is 10.1 Å². The molecule has 0 fully saturated rings. The van der Waals surface area contributed by atoms with E-state index in [0.717, 1.165) is 19.2 Å². The first kappa shape index (κ1) is 17.8. The summed E-state index contributed by atoms with van der Waals surface area (Å²) in [4.78, 5) is 12.2. The molecule has 0 saturated carbocycles. The van der Waals surface area contributed by atoms with Crippen molar-refractivity contribution in [2.24, 2.45) is 0 Å². The van der Waals surface area contributed by atoms with Crippen LogP contribution < -0.4 is 5.32 Å². The lowest BCUT2D eigenvalue weighted by Gasteiger charge is -2.01. The number of hydrogen-bond donors (Lipinski definition) is 1. The lowest BCUT2D eigenvalue weighted by atomic mass is 10.2. The number of hydrogen-bond acceptors (Lipinski definition) is 6. The fourth-order valence-corrected chi connectivity index (χ4v) is 3.97. The van der Waals surface area contributed by atoms with Gasteiger partial charge in [-0.1, -0.05) is 35.2 Å². The number of nitriles is 1. The first-order chi connectivity index (χ1) is 12.1. The van der Waals surface area contributed by atoms with Crippen LogP contribution in [-0.4, -0.2) is 16.1 Å². The number of rotatable bonds is 5. The zero-order valence-corrected chi connectivity index (χ0v) is 16.6. The van der Waals surface area contributed by atoms with E-state index in [1.807, 2.05) is 24.3 Å². The molecule has 25 heavy (non-hydrogen) atoms. The minimum atomic E-state index is -0.198. The van der Waals surface area contributed by atoms with Gasteiger partial charge in [0.2, 0.25) is 5.13 Å². The van der Waals surface area contributed by atoms with Crippen LogP contribution in [0.5, 0.6) is 0 Å². The third-order valence-electron chi connectivity index (χ3n) is 3.18. The number of nitrogens with one attached hydrogen (secondary N) is 1. The number of carbonyl (C=O) groups is 1. The predicted molar refractivity (Wildman–Crippen MR) is 108 cm³/mol. The fourth-order valence-electron chi connectivity index (χ4n) is 1.91. The van der Waals surface area contributed by atoms with Crippen LogP contribution in [0.4, 0.5) is 5.13 Å². The molecule has 3 rings (SSSR count). The van der Waals surface area contributed by atoms with Crippen molar-refractivity contribution >= 4 is 56.7 Å². The van der Waals surface area contributed by atoms with Gasteiger partial charge >= 0.3 is 0 Å². The number of carbonyl (C=O) groups excluding carboxylic acids is 1. The van der Waals surface area contributed by atoms with Crippen molar-refractivity contribution in [3.05, 3.63) is 68.8 Å². The molecular formula is C17H11IN4OS2. The van der Waals surface area contributed by atoms with Gasteiger partial charge in [-0.2, -0.15) is 5.26 Å². The van der Waals surface area contributed by atoms with Crippen LogP contribution in [0.3, 0.4) is 0 Å². The second-order valence-corrected chi connectivity index (χ2v) is 8.38. The Labute approximate surface area is 166 Å². The van der Waals surface area contributed by atoms with Gasteiger partial charge in [0.05, 0.1) is 11.6 Å². The van der Waals surface area contributed by atoms with E-state index in [2.05, 4.69) is 44.2 Å². The Morgan fingerprint density at radius 2 is 1.88 bits per heavy atom. The molecule has 1 amide bonds. The molecule has 124 valence electrons. The average molecular weight is 478 g/mol. The molecule has 0 spiro atoms. The van der Waals surface area contributed by atoms with Crippen molar-refractivity contribution in [3.63, 3.8) is 0 Å². The fraction of sp³-hybridized carbons (Fsp3) is 0.0588. The van der Waals surface area contributed by atoms with E-state index in [-0.39, 0.29) is 5.91 Å². The summed E-state index contributed by atoms with van der Waals surface area (Å²) >= 11 is 5.08. The molecule has 0 aliphatic heterocycles. The van der Waals surface area contributed by atoms with Gasteiger partial charge in [0.25, 0.3) is 5.91 Å². The zero-order valence-electron chi connectivity index (χ0n) is 12.8. The maximum absolute atomic E-state index is 12.2. The van der Waals surface area contributed by atoms with Crippen LogP contribution in [0.1, 0.15) is 21.5 Å². The van der Waals surface area contributed by atoms with Crippen molar-refractivity contribution < 1.29 is 4.79 Å². The summed E-state index contributed by atoms with van der Waals surface area (Å²) in [5.41, 5.74) is 2.33. The summed E-state index contributed by atoms with van der Waals surface area (Å²) in [6.45, 7) is 0. The van der Waals surface area contributed by atoms with Gasteiger partial charge in [0.15, 0.2) is 4.34 Å². The van der Waals surface area contributed by atoms with E-state index in [4.69, 9.17) is 5.26 Å². The normalized spacial score (nSPS) is 10.2. The van der Waals surface area contributed by atoms with Crippen molar-refractivity contribution in [2.75, 3.05) is 5.32 Å². The number of amides is 1. The largest absolute Gasteiger partial charge is 0.296 e. The Bertz CT molecular complexity index is 917. The molecule has 0 saturated heterocycles. The summed E-state index contributed by atoms with van der Waals surface area (Å²) in [6.07, 6.45) is 0. The van der Waals surface area contributed by atoms with Gasteiger partial charge in [-0.3, -0.25) is 10.1 Å². The maximum Gasteiger partial charge on any atom is 0.257 e. The van der Waals surface area contributed by atoms with Gasteiger partial charge < -0.3 is 0 Å². The second kappa shape index (κ2) is 8.42. The lowest BCUT2D eigenvalue weighted by Crippen LogP contribution is -2.11. The minimum Gasteiger partial charge on any atom is -0.296 e. The quantitative estimate of drug-likeness (QED) is 0.331. The Hall–Kier alpha value is -1.96. The van der Waals surface area contributed by atoms with E-state index in [0.29, 0.717) is 16.3 Å². The van der Waals surface area contributed by atoms with E-state index in [1.165, 1.54) is 11.3 Å². The summed E-state index contributed by atoms with van der Waals surface area (Å²) in [6, 6.07) is 16.9. The standard InChI is InChI=1S/C17H11IN4OS2/c18-14-7-5-13(6-8-14)15(23)20-16-21-22-17(25-16)24-10-12-3-1-11(9-19)2-4-12/h1-8H,10H2,(H,20,21,23). The van der Waals surface area contributed by atoms with Gasteiger partial charge in [0.1, 0.15) is 0 Å². The average Bonchev–Trinajstić information content (AvgIpc) is 3.08. The highest BCUT2D eigenvalue weighted by Crippen LogP contribution is 2.28. The van der Waals surface area contributed by atoms with Gasteiger partial charge in [-0.15, -0.1) is 10.2 Å². The van der Waals surface area contributed by atoms with E-state index >= 15 is 0 Å². The molecule has 0 atom stereocenters. The Balaban J connectivity index is 1.57. The smallest absolute Gasteiger partial charge is 0.257 e. The van der Waals surface area contributed by atoms with E-state index < -0.39 is 0 Å². The number of halogens is 1. The Morgan fingerprint density at radius 1 is 1.16 bits per heavy atom. The summed E-state index contributed by atoms with van der Waals surface area (Å²) in [5, 5.41) is 20.1. The molecule has 0 unspecified atom stereocenters. The van der Waals surface area contributed by atoms with Crippen LogP contribution >= 0.6 is 45.7 Å². The first-order valence-electron chi connectivity index (χ1n) is 7.16. The molecule has 1 heterocycles. The molecule has 0 bridgehead atoms. The number of nitrogens with zero attached hydrogens (tertiary/aromatic N) is 3. The Morgan fingerprint density at radius 3 is 2.56 bits per heavy atom. The topological polar surface area (TPSA) is 78.7 Å². The SMILES string of the molecule is N#Cc1ccc(CSc2nnc(NC(=O)c3ccc(I)cc3)s2)cc1. The Kier molecular flexibility index (Phi) is 6.01. The lowest BCUT2D eigenvalue weighted by molar-refractivity contribution is 0.102. The van der Waals surface area contributed by atoms with Crippen molar-refractivity contribution in [1.82, 2.24) is 10.2 Å². The van der Waals surface area contributed by atoms with Crippen LogP contribution in [0.15, 0.2) is 52.9 Å². The molecule has 5 nitrogen and oxygen atoms in total. The van der Waals surface area contributed by atoms with Crippen LogP contribution in [0.25, 0.3) is 0 Å². The number of benzene rings is 2. The summed E-state index contributed by atoms with van der Waals surface area (Å²) in [5.74, 6) is 0.530. The third kappa shape index (κ3) is 5.01.